The Kier molecular flexibility index (Phi) is 6.39. The van der Waals surface area contributed by atoms with Crippen LogP contribution in [0.2, 0.25) is 0 Å². The van der Waals surface area contributed by atoms with Gasteiger partial charge in [-0.1, -0.05) is 12.1 Å². The van der Waals surface area contributed by atoms with Crippen molar-refractivity contribution in [1.29, 1.82) is 5.26 Å². The number of carbonyl (C=O) groups excluding carboxylic acids is 1. The van der Waals surface area contributed by atoms with Gasteiger partial charge in [0.1, 0.15) is 21.7 Å². The van der Waals surface area contributed by atoms with Crippen LogP contribution in [0.25, 0.3) is 0 Å². The molecule has 0 unspecified atom stereocenters. The highest BCUT2D eigenvalue weighted by Gasteiger charge is 2.26. The summed E-state index contributed by atoms with van der Waals surface area (Å²) >= 11 is 1.13. The monoisotopic (exact) mass is 400 g/mol. The van der Waals surface area contributed by atoms with Crippen LogP contribution in [-0.4, -0.2) is 50.8 Å². The first kappa shape index (κ1) is 20.0. The first-order valence-electron chi connectivity index (χ1n) is 9.17. The average molecular weight is 401 g/mol. The number of carbonyl (C=O) groups is 1. The van der Waals surface area contributed by atoms with E-state index in [1.54, 1.807) is 14.0 Å². The second-order valence-corrected chi connectivity index (χ2v) is 7.47. The van der Waals surface area contributed by atoms with Gasteiger partial charge in [-0.2, -0.15) is 5.26 Å². The fourth-order valence-corrected chi connectivity index (χ4v) is 4.30. The number of nitrogens with zero attached hydrogens (tertiary/aromatic N) is 3. The molecule has 0 atom stereocenters. The number of rotatable bonds is 6. The molecule has 1 aromatic heterocycles. The highest BCUT2D eigenvalue weighted by atomic mass is 32.1. The summed E-state index contributed by atoms with van der Waals surface area (Å²) < 4.78 is 10.6. The highest BCUT2D eigenvalue weighted by molar-refractivity contribution is 7.18. The van der Waals surface area contributed by atoms with Crippen molar-refractivity contribution in [3.63, 3.8) is 0 Å². The Morgan fingerprint density at radius 1 is 1.29 bits per heavy atom. The fraction of sp³-hybridized carbons (Fsp3) is 0.400. The van der Waals surface area contributed by atoms with E-state index in [-0.39, 0.29) is 6.61 Å². The molecule has 2 aromatic rings. The summed E-state index contributed by atoms with van der Waals surface area (Å²) in [7, 11) is 1.68. The van der Waals surface area contributed by atoms with Crippen LogP contribution in [0.1, 0.15) is 27.7 Å². The number of nitrogen functional groups attached to an aromatic ring is 1. The summed E-state index contributed by atoms with van der Waals surface area (Å²) in [5.74, 6) is 0.446. The smallest absolute Gasteiger partial charge is 0.348 e. The Bertz CT molecular complexity index is 882. The van der Waals surface area contributed by atoms with Gasteiger partial charge in [0.15, 0.2) is 0 Å². The van der Waals surface area contributed by atoms with Gasteiger partial charge in [0.2, 0.25) is 0 Å². The third kappa shape index (κ3) is 4.06. The number of hydrogen-bond donors (Lipinski definition) is 1. The number of piperazine rings is 1. The van der Waals surface area contributed by atoms with Gasteiger partial charge in [0.05, 0.1) is 25.0 Å². The number of nitrogens with two attached hydrogens (primary N) is 1. The van der Waals surface area contributed by atoms with Crippen LogP contribution in [0.4, 0.5) is 10.7 Å². The van der Waals surface area contributed by atoms with E-state index in [4.69, 9.17) is 15.2 Å². The van der Waals surface area contributed by atoms with Gasteiger partial charge in [-0.05, 0) is 19.1 Å². The zero-order valence-corrected chi connectivity index (χ0v) is 16.9. The standard InChI is InChI=1S/C20H24N4O3S/c1-3-27-20(25)18-15(14(12-21)19(22)28-18)13-23-8-10-24(11-9-23)16-6-4-5-7-17(16)26-2/h4-7H,3,8-11,13,22H2,1-2H3. The molecule has 0 saturated carbocycles. The average Bonchev–Trinajstić information content (AvgIpc) is 3.04. The van der Waals surface area contributed by atoms with Crippen molar-refractivity contribution >= 4 is 28.0 Å². The van der Waals surface area contributed by atoms with E-state index >= 15 is 0 Å². The van der Waals surface area contributed by atoms with Gasteiger partial charge >= 0.3 is 5.97 Å². The van der Waals surface area contributed by atoms with E-state index in [2.05, 4.69) is 21.9 Å². The van der Waals surface area contributed by atoms with Crippen LogP contribution in [0, 0.1) is 11.3 Å². The van der Waals surface area contributed by atoms with Crippen molar-refractivity contribution in [3.05, 3.63) is 40.3 Å². The summed E-state index contributed by atoms with van der Waals surface area (Å²) in [6.45, 7) is 5.83. The molecule has 0 bridgehead atoms. The number of benzene rings is 1. The SMILES string of the molecule is CCOC(=O)c1sc(N)c(C#N)c1CN1CCN(c2ccccc2OC)CC1. The highest BCUT2D eigenvalue weighted by Crippen LogP contribution is 2.33. The number of ether oxygens (including phenoxy) is 2. The first-order chi connectivity index (χ1) is 13.6. The van der Waals surface area contributed by atoms with E-state index in [0.717, 1.165) is 49.0 Å². The molecular formula is C20H24N4O3S. The van der Waals surface area contributed by atoms with Gasteiger partial charge in [-0.25, -0.2) is 4.79 Å². The second-order valence-electron chi connectivity index (χ2n) is 6.42. The van der Waals surface area contributed by atoms with E-state index in [9.17, 15) is 10.1 Å². The molecule has 0 radical (unpaired) electrons. The van der Waals surface area contributed by atoms with Crippen molar-refractivity contribution in [1.82, 2.24) is 4.90 Å². The maximum Gasteiger partial charge on any atom is 0.348 e. The number of thiophene rings is 1. The molecule has 1 aliphatic heterocycles. The number of methoxy groups -OCH3 is 1. The van der Waals surface area contributed by atoms with Crippen molar-refractivity contribution in [2.45, 2.75) is 13.5 Å². The molecule has 0 spiro atoms. The van der Waals surface area contributed by atoms with Crippen molar-refractivity contribution in [3.8, 4) is 11.8 Å². The normalized spacial score (nSPS) is 14.5. The van der Waals surface area contributed by atoms with Crippen LogP contribution < -0.4 is 15.4 Å². The van der Waals surface area contributed by atoms with Gasteiger partial charge in [-0.15, -0.1) is 11.3 Å². The number of esters is 1. The molecule has 0 aliphatic carbocycles. The third-order valence-electron chi connectivity index (χ3n) is 4.79. The van der Waals surface area contributed by atoms with Gasteiger partial charge in [0.25, 0.3) is 0 Å². The lowest BCUT2D eigenvalue weighted by atomic mass is 10.1. The van der Waals surface area contributed by atoms with Gasteiger partial charge in [0, 0.05) is 38.3 Å². The Labute approximate surface area is 168 Å². The van der Waals surface area contributed by atoms with Crippen LogP contribution in [0.5, 0.6) is 5.75 Å². The second kappa shape index (κ2) is 8.95. The molecule has 1 fully saturated rings. The maximum atomic E-state index is 12.3. The maximum absolute atomic E-state index is 12.3. The minimum absolute atomic E-state index is 0.287. The molecule has 8 heteroatoms. The lowest BCUT2D eigenvalue weighted by molar-refractivity contribution is 0.0529. The van der Waals surface area contributed by atoms with Crippen LogP contribution in [0.15, 0.2) is 24.3 Å². The molecule has 28 heavy (non-hydrogen) atoms. The Balaban J connectivity index is 1.73. The summed E-state index contributed by atoms with van der Waals surface area (Å²) in [4.78, 5) is 17.2. The minimum atomic E-state index is -0.414. The quantitative estimate of drug-likeness (QED) is 0.745. The summed E-state index contributed by atoms with van der Waals surface area (Å²) in [5.41, 5.74) is 8.11. The van der Waals surface area contributed by atoms with E-state index in [1.807, 2.05) is 18.2 Å². The Hall–Kier alpha value is -2.76. The number of para-hydroxylation sites is 2. The number of anilines is 2. The predicted octanol–water partition coefficient (Wildman–Crippen LogP) is 2.71. The lowest BCUT2D eigenvalue weighted by Crippen LogP contribution is -2.46. The van der Waals surface area contributed by atoms with Crippen LogP contribution in [-0.2, 0) is 11.3 Å². The molecule has 0 amide bonds. The van der Waals surface area contributed by atoms with E-state index in [1.165, 1.54) is 0 Å². The van der Waals surface area contributed by atoms with Crippen LogP contribution in [0.3, 0.4) is 0 Å². The molecule has 1 aliphatic rings. The minimum Gasteiger partial charge on any atom is -0.495 e. The molecular weight excluding hydrogens is 376 g/mol. The molecule has 2 heterocycles. The van der Waals surface area contributed by atoms with E-state index < -0.39 is 5.97 Å². The van der Waals surface area contributed by atoms with Crippen molar-refractivity contribution < 1.29 is 14.3 Å². The van der Waals surface area contributed by atoms with Crippen molar-refractivity contribution in [2.24, 2.45) is 0 Å². The van der Waals surface area contributed by atoms with E-state index in [0.29, 0.717) is 27.5 Å². The van der Waals surface area contributed by atoms with Crippen LogP contribution >= 0.6 is 11.3 Å². The van der Waals surface area contributed by atoms with Crippen molar-refractivity contribution in [2.75, 3.05) is 50.5 Å². The topological polar surface area (TPSA) is 91.8 Å². The predicted molar refractivity (Wildman–Crippen MR) is 110 cm³/mol. The zero-order valence-electron chi connectivity index (χ0n) is 16.1. The molecule has 7 nitrogen and oxygen atoms in total. The number of nitriles is 1. The largest absolute Gasteiger partial charge is 0.495 e. The van der Waals surface area contributed by atoms with Gasteiger partial charge < -0.3 is 20.1 Å². The summed E-state index contributed by atoms with van der Waals surface area (Å²) in [6, 6.07) is 10.1. The molecule has 1 saturated heterocycles. The Morgan fingerprint density at radius 2 is 2.00 bits per heavy atom. The molecule has 2 N–H and O–H groups in total. The van der Waals surface area contributed by atoms with Gasteiger partial charge in [-0.3, -0.25) is 4.90 Å². The molecule has 1 aromatic carbocycles. The number of hydrogen-bond acceptors (Lipinski definition) is 8. The fourth-order valence-electron chi connectivity index (χ4n) is 3.38. The first-order valence-corrected chi connectivity index (χ1v) is 9.99. The lowest BCUT2D eigenvalue weighted by Gasteiger charge is -2.36. The third-order valence-corrected chi connectivity index (χ3v) is 5.83. The zero-order chi connectivity index (χ0) is 20.1. The molecule has 3 rings (SSSR count). The summed E-state index contributed by atoms with van der Waals surface area (Å²) in [6.07, 6.45) is 0. The Morgan fingerprint density at radius 3 is 2.64 bits per heavy atom. The molecule has 148 valence electrons. The summed E-state index contributed by atoms with van der Waals surface area (Å²) in [5, 5.41) is 9.85.